The number of hydrogen-bond donors (Lipinski definition) is 0. The lowest BCUT2D eigenvalue weighted by Crippen LogP contribution is -2.37. The summed E-state index contributed by atoms with van der Waals surface area (Å²) in [5.41, 5.74) is -0.669. The van der Waals surface area contributed by atoms with Crippen LogP contribution in [0.25, 0.3) is 6.08 Å². The average molecular weight is 379 g/mol. The Hall–Kier alpha value is -1.57. The summed E-state index contributed by atoms with van der Waals surface area (Å²) in [5, 5.41) is -0.372. The number of likely N-dealkylation sites (N-methyl/N-ethyl adjacent to an activating group) is 1. The molecule has 0 bridgehead atoms. The van der Waals surface area contributed by atoms with Gasteiger partial charge in [0, 0.05) is 32.8 Å². The molecule has 0 atom stereocenters. The second-order valence-corrected chi connectivity index (χ2v) is 6.10. The van der Waals surface area contributed by atoms with Crippen molar-refractivity contribution in [2.75, 3.05) is 47.4 Å². The van der Waals surface area contributed by atoms with E-state index >= 15 is 0 Å². The van der Waals surface area contributed by atoms with E-state index in [1.807, 2.05) is 19.0 Å². The molecule has 0 unspecified atom stereocenters. The van der Waals surface area contributed by atoms with Gasteiger partial charge in [-0.05, 0) is 37.9 Å². The molecule has 1 aromatic rings. The van der Waals surface area contributed by atoms with Crippen molar-refractivity contribution in [1.29, 1.82) is 0 Å². The second-order valence-electron chi connectivity index (χ2n) is 5.69. The molecule has 8 heteroatoms. The van der Waals surface area contributed by atoms with Gasteiger partial charge in [-0.3, -0.25) is 4.79 Å². The minimum absolute atomic E-state index is 0.254. The number of nitrogens with zero attached hydrogens (tertiary/aromatic N) is 2. The van der Waals surface area contributed by atoms with Gasteiger partial charge in [-0.2, -0.15) is 13.2 Å². The van der Waals surface area contributed by atoms with Crippen LogP contribution in [0.4, 0.5) is 13.2 Å². The van der Waals surface area contributed by atoms with E-state index in [1.54, 1.807) is 4.90 Å². The summed E-state index contributed by atoms with van der Waals surface area (Å²) < 4.78 is 43.6. The number of halogens is 4. The van der Waals surface area contributed by atoms with Crippen LogP contribution >= 0.6 is 11.6 Å². The molecule has 0 aliphatic heterocycles. The summed E-state index contributed by atoms with van der Waals surface area (Å²) in [6.45, 7) is 1.95. The highest BCUT2D eigenvalue weighted by atomic mass is 35.5. The molecule has 25 heavy (non-hydrogen) atoms. The fourth-order valence-electron chi connectivity index (χ4n) is 1.99. The highest BCUT2D eigenvalue weighted by Crippen LogP contribution is 2.35. The van der Waals surface area contributed by atoms with E-state index in [1.165, 1.54) is 31.4 Å². The standard InChI is InChI=1S/C17H22ClF3N2O2/c1-22(2)8-9-23(10-11-25-3)16(24)7-5-13-4-6-15(18)14(12-13)17(19,20)21/h4-7,12H,8-11H2,1-3H3/b7-5+. The molecule has 140 valence electrons. The quantitative estimate of drug-likeness (QED) is 0.650. The lowest BCUT2D eigenvalue weighted by Gasteiger charge is -2.22. The Morgan fingerprint density at radius 2 is 1.92 bits per heavy atom. The van der Waals surface area contributed by atoms with Gasteiger partial charge in [-0.25, -0.2) is 0 Å². The van der Waals surface area contributed by atoms with Gasteiger partial charge < -0.3 is 14.5 Å². The van der Waals surface area contributed by atoms with E-state index in [9.17, 15) is 18.0 Å². The predicted molar refractivity (Wildman–Crippen MR) is 92.5 cm³/mol. The summed E-state index contributed by atoms with van der Waals surface area (Å²) in [6, 6.07) is 3.52. The molecule has 0 aliphatic carbocycles. The average Bonchev–Trinajstić information content (AvgIpc) is 2.52. The van der Waals surface area contributed by atoms with E-state index in [-0.39, 0.29) is 16.5 Å². The van der Waals surface area contributed by atoms with E-state index in [0.717, 1.165) is 6.07 Å². The Labute approximate surface area is 150 Å². The largest absolute Gasteiger partial charge is 0.417 e. The highest BCUT2D eigenvalue weighted by molar-refractivity contribution is 6.31. The van der Waals surface area contributed by atoms with Gasteiger partial charge in [-0.15, -0.1) is 0 Å². The minimum atomic E-state index is -4.54. The third kappa shape index (κ3) is 7.46. The first-order chi connectivity index (χ1) is 11.6. The maximum absolute atomic E-state index is 12.9. The van der Waals surface area contributed by atoms with Crippen molar-refractivity contribution in [1.82, 2.24) is 9.80 Å². The number of carbonyl (C=O) groups is 1. The predicted octanol–water partition coefficient (Wildman–Crippen LogP) is 3.41. The number of ether oxygens (including phenoxy) is 1. The number of rotatable bonds is 8. The van der Waals surface area contributed by atoms with Gasteiger partial charge in [-0.1, -0.05) is 17.7 Å². The van der Waals surface area contributed by atoms with Gasteiger partial charge in [0.15, 0.2) is 0 Å². The van der Waals surface area contributed by atoms with Crippen molar-refractivity contribution in [2.24, 2.45) is 0 Å². The second kappa shape index (κ2) is 9.79. The molecular formula is C17H22ClF3N2O2. The maximum Gasteiger partial charge on any atom is 0.417 e. The molecule has 0 spiro atoms. The van der Waals surface area contributed by atoms with Crippen LogP contribution < -0.4 is 0 Å². The molecular weight excluding hydrogens is 357 g/mol. The maximum atomic E-state index is 12.9. The third-order valence-electron chi connectivity index (χ3n) is 3.41. The molecule has 4 nitrogen and oxygen atoms in total. The first-order valence-corrected chi connectivity index (χ1v) is 8.00. The van der Waals surface area contributed by atoms with Gasteiger partial charge in [0.25, 0.3) is 0 Å². The van der Waals surface area contributed by atoms with Gasteiger partial charge in [0.05, 0.1) is 17.2 Å². The van der Waals surface area contributed by atoms with Gasteiger partial charge >= 0.3 is 6.18 Å². The normalized spacial score (nSPS) is 12.2. The molecule has 0 saturated carbocycles. The fourth-order valence-corrected chi connectivity index (χ4v) is 2.22. The third-order valence-corrected chi connectivity index (χ3v) is 3.74. The summed E-state index contributed by atoms with van der Waals surface area (Å²) >= 11 is 5.58. The summed E-state index contributed by atoms with van der Waals surface area (Å²) in [5.74, 6) is -0.289. The van der Waals surface area contributed by atoms with Crippen molar-refractivity contribution >= 4 is 23.6 Å². The molecule has 1 amide bonds. The summed E-state index contributed by atoms with van der Waals surface area (Å²) in [4.78, 5) is 15.8. The van der Waals surface area contributed by atoms with Crippen molar-refractivity contribution in [3.05, 3.63) is 40.4 Å². The molecule has 0 radical (unpaired) electrons. The zero-order valence-corrected chi connectivity index (χ0v) is 15.2. The first-order valence-electron chi connectivity index (χ1n) is 7.62. The van der Waals surface area contributed by atoms with Gasteiger partial charge in [0.2, 0.25) is 5.91 Å². The molecule has 1 rings (SSSR count). The molecule has 0 saturated heterocycles. The van der Waals surface area contributed by atoms with Crippen molar-refractivity contribution in [2.45, 2.75) is 6.18 Å². The Morgan fingerprint density at radius 3 is 2.48 bits per heavy atom. The van der Waals surface area contributed by atoms with Crippen LogP contribution in [0.3, 0.4) is 0 Å². The number of amides is 1. The van der Waals surface area contributed by atoms with Crippen LogP contribution in [0.2, 0.25) is 5.02 Å². The van der Waals surface area contributed by atoms with E-state index < -0.39 is 11.7 Å². The Morgan fingerprint density at radius 1 is 1.24 bits per heavy atom. The molecule has 0 N–H and O–H groups in total. The smallest absolute Gasteiger partial charge is 0.383 e. The first kappa shape index (κ1) is 21.5. The van der Waals surface area contributed by atoms with E-state index in [0.29, 0.717) is 26.2 Å². The molecule has 0 aliphatic rings. The van der Waals surface area contributed by atoms with Gasteiger partial charge in [0.1, 0.15) is 0 Å². The lowest BCUT2D eigenvalue weighted by atomic mass is 10.1. The molecule has 0 fully saturated rings. The van der Waals surface area contributed by atoms with Crippen LogP contribution in [0.15, 0.2) is 24.3 Å². The SMILES string of the molecule is COCCN(CCN(C)C)C(=O)/C=C/c1ccc(Cl)c(C(F)(F)F)c1. The number of carbonyl (C=O) groups excluding carboxylic acids is 1. The Balaban J connectivity index is 2.88. The lowest BCUT2D eigenvalue weighted by molar-refractivity contribution is -0.137. The summed E-state index contributed by atoms with van der Waals surface area (Å²) in [7, 11) is 5.32. The van der Waals surface area contributed by atoms with Crippen LogP contribution in [0, 0.1) is 0 Å². The van der Waals surface area contributed by atoms with Crippen molar-refractivity contribution in [3.8, 4) is 0 Å². The topological polar surface area (TPSA) is 32.8 Å². The fraction of sp³-hybridized carbons (Fsp3) is 0.471. The Kier molecular flexibility index (Phi) is 8.41. The van der Waals surface area contributed by atoms with E-state index in [4.69, 9.17) is 16.3 Å². The van der Waals surface area contributed by atoms with Crippen LogP contribution in [-0.2, 0) is 15.7 Å². The molecule has 0 aromatic heterocycles. The summed E-state index contributed by atoms with van der Waals surface area (Å²) in [6.07, 6.45) is -1.93. The van der Waals surface area contributed by atoms with Crippen LogP contribution in [-0.4, -0.2) is 63.2 Å². The molecule has 1 aromatic carbocycles. The zero-order chi connectivity index (χ0) is 19.0. The monoisotopic (exact) mass is 378 g/mol. The highest BCUT2D eigenvalue weighted by Gasteiger charge is 2.33. The number of benzene rings is 1. The Bertz CT molecular complexity index is 604. The van der Waals surface area contributed by atoms with E-state index in [2.05, 4.69) is 0 Å². The number of hydrogen-bond acceptors (Lipinski definition) is 3. The van der Waals surface area contributed by atoms with Crippen LogP contribution in [0.1, 0.15) is 11.1 Å². The number of alkyl halides is 3. The number of methoxy groups -OCH3 is 1. The van der Waals surface area contributed by atoms with Crippen LogP contribution in [0.5, 0.6) is 0 Å². The zero-order valence-electron chi connectivity index (χ0n) is 14.4. The minimum Gasteiger partial charge on any atom is -0.383 e. The molecule has 0 heterocycles. The van der Waals surface area contributed by atoms with Crippen molar-refractivity contribution < 1.29 is 22.7 Å². The van der Waals surface area contributed by atoms with Crippen molar-refractivity contribution in [3.63, 3.8) is 0 Å².